The van der Waals surface area contributed by atoms with Crippen LogP contribution in [0.2, 0.25) is 0 Å². The zero-order valence-electron chi connectivity index (χ0n) is 16.8. The van der Waals surface area contributed by atoms with Crippen molar-refractivity contribution in [2.45, 2.75) is 47.1 Å². The number of rotatable bonds is 8. The summed E-state index contributed by atoms with van der Waals surface area (Å²) in [4.78, 5) is 12.3. The van der Waals surface area contributed by atoms with E-state index in [0.29, 0.717) is 17.7 Å². The maximum absolute atomic E-state index is 12.3. The number of anilines is 1. The first-order valence-electron chi connectivity index (χ1n) is 9.39. The second-order valence-electron chi connectivity index (χ2n) is 7.78. The number of hydrogen-bond donors (Lipinski definition) is 2. The number of amides is 1. The van der Waals surface area contributed by atoms with Crippen molar-refractivity contribution in [1.82, 2.24) is 15.1 Å². The minimum atomic E-state index is -0.0601. The minimum Gasteiger partial charge on any atom is -0.310 e. The lowest BCUT2D eigenvalue weighted by Gasteiger charge is -2.23. The summed E-state index contributed by atoms with van der Waals surface area (Å²) in [6.07, 6.45) is 1.09. The highest BCUT2D eigenvalue weighted by Crippen LogP contribution is 2.22. The van der Waals surface area contributed by atoms with Gasteiger partial charge in [-0.3, -0.25) is 9.48 Å². The monoisotopic (exact) mass is 356 g/mol. The molecule has 2 aromatic rings. The molecule has 0 aliphatic rings. The number of nitrogens with one attached hydrogen (secondary N) is 2. The SMILES string of the molecule is Cc1cc(NC(=O)CNC(c2ccc(CC(C)C)cc2)C(C)C)n(C)n1. The summed E-state index contributed by atoms with van der Waals surface area (Å²) in [7, 11) is 1.83. The largest absolute Gasteiger partial charge is 0.310 e. The standard InChI is InChI=1S/C21H32N4O/c1-14(2)11-17-7-9-18(10-8-17)21(15(3)4)22-13-20(26)23-19-12-16(5)24-25(19)6/h7-10,12,14-15,21-22H,11,13H2,1-6H3,(H,23,26). The molecule has 0 aliphatic heterocycles. The Balaban J connectivity index is 1.97. The topological polar surface area (TPSA) is 59.0 Å². The van der Waals surface area contributed by atoms with E-state index in [9.17, 15) is 4.79 Å². The van der Waals surface area contributed by atoms with Crippen LogP contribution in [0, 0.1) is 18.8 Å². The summed E-state index contributed by atoms with van der Waals surface area (Å²) in [5.74, 6) is 1.69. The molecule has 0 radical (unpaired) electrons. The number of nitrogens with zero attached hydrogens (tertiary/aromatic N) is 2. The Bertz CT molecular complexity index is 716. The van der Waals surface area contributed by atoms with E-state index in [1.165, 1.54) is 11.1 Å². The van der Waals surface area contributed by atoms with Gasteiger partial charge >= 0.3 is 0 Å². The lowest BCUT2D eigenvalue weighted by Crippen LogP contribution is -2.34. The van der Waals surface area contributed by atoms with Gasteiger partial charge in [0, 0.05) is 19.2 Å². The normalized spacial score (nSPS) is 12.6. The quantitative estimate of drug-likeness (QED) is 0.755. The highest BCUT2D eigenvalue weighted by molar-refractivity contribution is 5.91. The molecule has 0 spiro atoms. The van der Waals surface area contributed by atoms with Crippen molar-refractivity contribution in [3.63, 3.8) is 0 Å². The molecule has 1 aromatic carbocycles. The fourth-order valence-electron chi connectivity index (χ4n) is 3.19. The van der Waals surface area contributed by atoms with Crippen LogP contribution in [-0.4, -0.2) is 22.2 Å². The number of hydrogen-bond acceptors (Lipinski definition) is 3. The van der Waals surface area contributed by atoms with Crippen LogP contribution in [-0.2, 0) is 18.3 Å². The Morgan fingerprint density at radius 2 is 1.81 bits per heavy atom. The minimum absolute atomic E-state index is 0.0601. The molecule has 2 rings (SSSR count). The van der Waals surface area contributed by atoms with E-state index in [-0.39, 0.29) is 18.5 Å². The lowest BCUT2D eigenvalue weighted by molar-refractivity contribution is -0.115. The average Bonchev–Trinajstić information content (AvgIpc) is 2.85. The predicted octanol–water partition coefficient (Wildman–Crippen LogP) is 3.85. The predicted molar refractivity (Wildman–Crippen MR) is 107 cm³/mol. The first-order valence-corrected chi connectivity index (χ1v) is 9.39. The van der Waals surface area contributed by atoms with Crippen molar-refractivity contribution < 1.29 is 4.79 Å². The molecule has 1 unspecified atom stereocenters. The van der Waals surface area contributed by atoms with Gasteiger partial charge in [0.1, 0.15) is 5.82 Å². The Kier molecular flexibility index (Phi) is 6.98. The zero-order chi connectivity index (χ0) is 19.3. The summed E-state index contributed by atoms with van der Waals surface area (Å²) in [6.45, 7) is 11.0. The van der Waals surface area contributed by atoms with Crippen LogP contribution in [0.4, 0.5) is 5.82 Å². The van der Waals surface area contributed by atoms with Crippen molar-refractivity contribution in [2.75, 3.05) is 11.9 Å². The van der Waals surface area contributed by atoms with Gasteiger partial charge in [0.15, 0.2) is 0 Å². The van der Waals surface area contributed by atoms with Crippen molar-refractivity contribution in [1.29, 1.82) is 0 Å². The molecule has 0 saturated heterocycles. The average molecular weight is 357 g/mol. The third-order valence-electron chi connectivity index (χ3n) is 4.40. The molecule has 0 fully saturated rings. The Morgan fingerprint density at radius 1 is 1.15 bits per heavy atom. The molecule has 1 amide bonds. The van der Waals surface area contributed by atoms with Gasteiger partial charge in [-0.05, 0) is 36.3 Å². The second kappa shape index (κ2) is 8.99. The molecular formula is C21H32N4O. The molecule has 0 saturated carbocycles. The smallest absolute Gasteiger partial charge is 0.239 e. The number of aromatic nitrogens is 2. The number of aryl methyl sites for hydroxylation is 2. The Labute approximate surface area is 157 Å². The zero-order valence-corrected chi connectivity index (χ0v) is 16.8. The van der Waals surface area contributed by atoms with E-state index in [4.69, 9.17) is 0 Å². The first kappa shape index (κ1) is 20.2. The summed E-state index contributed by atoms with van der Waals surface area (Å²) < 4.78 is 1.68. The van der Waals surface area contributed by atoms with Gasteiger partial charge in [-0.25, -0.2) is 0 Å². The van der Waals surface area contributed by atoms with E-state index in [1.807, 2.05) is 20.0 Å². The summed E-state index contributed by atoms with van der Waals surface area (Å²) in [6, 6.07) is 10.8. The van der Waals surface area contributed by atoms with E-state index in [2.05, 4.69) is 67.7 Å². The van der Waals surface area contributed by atoms with Crippen molar-refractivity contribution in [3.8, 4) is 0 Å². The number of carbonyl (C=O) groups is 1. The highest BCUT2D eigenvalue weighted by Gasteiger charge is 2.17. The molecular weight excluding hydrogens is 324 g/mol. The fraction of sp³-hybridized carbons (Fsp3) is 0.524. The van der Waals surface area contributed by atoms with Crippen LogP contribution in [0.15, 0.2) is 30.3 Å². The van der Waals surface area contributed by atoms with Gasteiger partial charge in [-0.15, -0.1) is 0 Å². The molecule has 142 valence electrons. The third kappa shape index (κ3) is 5.70. The molecule has 26 heavy (non-hydrogen) atoms. The van der Waals surface area contributed by atoms with Crippen molar-refractivity contribution in [3.05, 3.63) is 47.2 Å². The molecule has 5 heteroatoms. The molecule has 2 N–H and O–H groups in total. The van der Waals surface area contributed by atoms with Crippen LogP contribution in [0.1, 0.15) is 50.6 Å². The molecule has 0 aliphatic carbocycles. The molecule has 0 bridgehead atoms. The second-order valence-corrected chi connectivity index (χ2v) is 7.78. The van der Waals surface area contributed by atoms with Crippen LogP contribution in [0.3, 0.4) is 0 Å². The van der Waals surface area contributed by atoms with Gasteiger partial charge < -0.3 is 10.6 Å². The van der Waals surface area contributed by atoms with E-state index >= 15 is 0 Å². The Morgan fingerprint density at radius 3 is 2.31 bits per heavy atom. The van der Waals surface area contributed by atoms with Gasteiger partial charge in [0.05, 0.1) is 12.2 Å². The van der Waals surface area contributed by atoms with Gasteiger partial charge in [0.2, 0.25) is 5.91 Å². The number of carbonyl (C=O) groups excluding carboxylic acids is 1. The van der Waals surface area contributed by atoms with Crippen LogP contribution in [0.5, 0.6) is 0 Å². The van der Waals surface area contributed by atoms with E-state index < -0.39 is 0 Å². The van der Waals surface area contributed by atoms with Gasteiger partial charge in [0.25, 0.3) is 0 Å². The fourth-order valence-corrected chi connectivity index (χ4v) is 3.19. The number of benzene rings is 1. The van der Waals surface area contributed by atoms with Gasteiger partial charge in [-0.2, -0.15) is 5.10 Å². The molecule has 1 aromatic heterocycles. The van der Waals surface area contributed by atoms with Crippen LogP contribution >= 0.6 is 0 Å². The summed E-state index contributed by atoms with van der Waals surface area (Å²) >= 11 is 0. The lowest BCUT2D eigenvalue weighted by atomic mass is 9.94. The van der Waals surface area contributed by atoms with Crippen molar-refractivity contribution >= 4 is 11.7 Å². The maximum atomic E-state index is 12.3. The summed E-state index contributed by atoms with van der Waals surface area (Å²) in [5.41, 5.74) is 3.46. The van der Waals surface area contributed by atoms with Gasteiger partial charge in [-0.1, -0.05) is 52.0 Å². The molecule has 1 heterocycles. The summed E-state index contributed by atoms with van der Waals surface area (Å²) in [5, 5.41) is 10.6. The molecule has 5 nitrogen and oxygen atoms in total. The Hall–Kier alpha value is -2.14. The van der Waals surface area contributed by atoms with Crippen molar-refractivity contribution in [2.24, 2.45) is 18.9 Å². The van der Waals surface area contributed by atoms with E-state index in [0.717, 1.165) is 12.1 Å². The first-order chi connectivity index (χ1) is 12.3. The van der Waals surface area contributed by atoms with Crippen LogP contribution in [0.25, 0.3) is 0 Å². The highest BCUT2D eigenvalue weighted by atomic mass is 16.2. The van der Waals surface area contributed by atoms with E-state index in [1.54, 1.807) is 4.68 Å². The third-order valence-corrected chi connectivity index (χ3v) is 4.40. The van der Waals surface area contributed by atoms with Crippen LogP contribution < -0.4 is 10.6 Å². The molecule has 1 atom stereocenters. The maximum Gasteiger partial charge on any atom is 0.239 e.